The van der Waals surface area contributed by atoms with Crippen LogP contribution in [0.5, 0.6) is 0 Å². The van der Waals surface area contributed by atoms with Crippen molar-refractivity contribution >= 4 is 27.5 Å². The summed E-state index contributed by atoms with van der Waals surface area (Å²) in [6.07, 6.45) is -0.650. The van der Waals surface area contributed by atoms with E-state index in [4.69, 9.17) is 5.73 Å². The Balaban J connectivity index is 2.91. The first-order valence-electron chi connectivity index (χ1n) is 5.29. The number of carbonyl (C=O) groups excluding carboxylic acids is 1. The van der Waals surface area contributed by atoms with Gasteiger partial charge in [0, 0.05) is 10.2 Å². The number of nitrogens with one attached hydrogen (secondary N) is 1. The smallest absolute Gasteiger partial charge is 0.253 e. The summed E-state index contributed by atoms with van der Waals surface area (Å²) in [5.41, 5.74) is 5.87. The Bertz CT molecular complexity index is 431. The van der Waals surface area contributed by atoms with E-state index in [1.54, 1.807) is 39.0 Å². The van der Waals surface area contributed by atoms with Gasteiger partial charge in [-0.3, -0.25) is 4.79 Å². The van der Waals surface area contributed by atoms with Crippen LogP contribution < -0.4 is 11.1 Å². The van der Waals surface area contributed by atoms with Crippen LogP contribution in [0.3, 0.4) is 0 Å². The standard InChI is InChI=1S/C12H17BrN2O2/c1-7(16)12(2,3)15-11(17)9-5-4-8(13)6-10(9)14/h4-7,16H,14H2,1-3H3,(H,15,17). The van der Waals surface area contributed by atoms with E-state index >= 15 is 0 Å². The lowest BCUT2D eigenvalue weighted by Gasteiger charge is -2.29. The summed E-state index contributed by atoms with van der Waals surface area (Å²) in [6.45, 7) is 5.14. The molecule has 1 atom stereocenters. The van der Waals surface area contributed by atoms with Crippen molar-refractivity contribution in [2.45, 2.75) is 32.4 Å². The molecule has 94 valence electrons. The average molecular weight is 301 g/mol. The van der Waals surface area contributed by atoms with Crippen LogP contribution in [0.1, 0.15) is 31.1 Å². The van der Waals surface area contributed by atoms with Crippen molar-refractivity contribution in [3.05, 3.63) is 28.2 Å². The van der Waals surface area contributed by atoms with Crippen LogP contribution in [0, 0.1) is 0 Å². The topological polar surface area (TPSA) is 75.3 Å². The summed E-state index contributed by atoms with van der Waals surface area (Å²) in [7, 11) is 0. The van der Waals surface area contributed by atoms with Crippen molar-refractivity contribution in [2.24, 2.45) is 0 Å². The van der Waals surface area contributed by atoms with Crippen LogP contribution in [0.4, 0.5) is 5.69 Å². The highest BCUT2D eigenvalue weighted by molar-refractivity contribution is 9.10. The van der Waals surface area contributed by atoms with Crippen molar-refractivity contribution in [2.75, 3.05) is 5.73 Å². The second kappa shape index (κ2) is 5.06. The number of rotatable bonds is 3. The summed E-state index contributed by atoms with van der Waals surface area (Å²) in [5, 5.41) is 12.3. The van der Waals surface area contributed by atoms with Crippen molar-refractivity contribution in [3.63, 3.8) is 0 Å². The number of hydrogen-bond donors (Lipinski definition) is 3. The summed E-state index contributed by atoms with van der Waals surface area (Å²) >= 11 is 3.28. The fourth-order valence-corrected chi connectivity index (χ4v) is 1.58. The van der Waals surface area contributed by atoms with Crippen molar-refractivity contribution in [1.82, 2.24) is 5.32 Å². The Morgan fingerprint density at radius 2 is 2.12 bits per heavy atom. The van der Waals surface area contributed by atoms with Gasteiger partial charge in [-0.05, 0) is 39.0 Å². The van der Waals surface area contributed by atoms with Crippen LogP contribution in [0.25, 0.3) is 0 Å². The van der Waals surface area contributed by atoms with Crippen LogP contribution in [0.15, 0.2) is 22.7 Å². The SMILES string of the molecule is CC(O)C(C)(C)NC(=O)c1ccc(Br)cc1N. The maximum atomic E-state index is 12.0. The van der Waals surface area contributed by atoms with Gasteiger partial charge in [-0.1, -0.05) is 15.9 Å². The fraction of sp³-hybridized carbons (Fsp3) is 0.417. The molecule has 0 heterocycles. The Hall–Kier alpha value is -1.07. The molecule has 0 bridgehead atoms. The van der Waals surface area contributed by atoms with Crippen LogP contribution in [-0.2, 0) is 0 Å². The Kier molecular flexibility index (Phi) is 4.16. The molecule has 1 aromatic carbocycles. The zero-order valence-corrected chi connectivity index (χ0v) is 11.7. The number of nitrogen functional groups attached to an aromatic ring is 1. The lowest BCUT2D eigenvalue weighted by molar-refractivity contribution is 0.0710. The van der Waals surface area contributed by atoms with Crippen LogP contribution in [0.2, 0.25) is 0 Å². The quantitative estimate of drug-likeness (QED) is 0.747. The van der Waals surface area contributed by atoms with Crippen molar-refractivity contribution < 1.29 is 9.90 Å². The van der Waals surface area contributed by atoms with Gasteiger partial charge < -0.3 is 16.2 Å². The Morgan fingerprint density at radius 1 is 1.53 bits per heavy atom. The zero-order chi connectivity index (χ0) is 13.2. The molecule has 1 aromatic rings. The van der Waals surface area contributed by atoms with Gasteiger partial charge in [-0.15, -0.1) is 0 Å². The number of hydrogen-bond acceptors (Lipinski definition) is 3. The number of benzene rings is 1. The summed E-state index contributed by atoms with van der Waals surface area (Å²) in [6, 6.07) is 5.07. The molecule has 0 radical (unpaired) electrons. The first-order valence-corrected chi connectivity index (χ1v) is 6.09. The third kappa shape index (κ3) is 3.44. The molecule has 17 heavy (non-hydrogen) atoms. The predicted molar refractivity (Wildman–Crippen MR) is 71.8 cm³/mol. The molecule has 1 amide bonds. The van der Waals surface area contributed by atoms with E-state index in [-0.39, 0.29) is 5.91 Å². The van der Waals surface area contributed by atoms with Gasteiger partial charge in [0.25, 0.3) is 5.91 Å². The molecule has 4 N–H and O–H groups in total. The molecule has 0 aliphatic heterocycles. The average Bonchev–Trinajstić information content (AvgIpc) is 2.15. The number of aliphatic hydroxyl groups is 1. The monoisotopic (exact) mass is 300 g/mol. The van der Waals surface area contributed by atoms with Gasteiger partial charge in [-0.25, -0.2) is 0 Å². The zero-order valence-electron chi connectivity index (χ0n) is 10.1. The molecule has 0 aliphatic rings. The minimum atomic E-state index is -0.698. The minimum Gasteiger partial charge on any atom is -0.398 e. The first-order chi connectivity index (χ1) is 7.74. The van der Waals surface area contributed by atoms with Gasteiger partial charge >= 0.3 is 0 Å². The van der Waals surface area contributed by atoms with E-state index in [1.807, 2.05) is 0 Å². The molecule has 0 spiro atoms. The van der Waals surface area contributed by atoms with E-state index in [9.17, 15) is 9.90 Å². The molecule has 4 nitrogen and oxygen atoms in total. The third-order valence-electron chi connectivity index (χ3n) is 2.74. The number of aliphatic hydroxyl groups excluding tert-OH is 1. The van der Waals surface area contributed by atoms with Crippen molar-refractivity contribution in [1.29, 1.82) is 0 Å². The van der Waals surface area contributed by atoms with Crippen LogP contribution >= 0.6 is 15.9 Å². The number of carbonyl (C=O) groups is 1. The molecule has 1 unspecified atom stereocenters. The number of amides is 1. The second-order valence-corrected chi connectivity index (χ2v) is 5.50. The maximum Gasteiger partial charge on any atom is 0.253 e. The molecule has 0 aliphatic carbocycles. The predicted octanol–water partition coefficient (Wildman–Crippen LogP) is 1.92. The molecule has 0 fully saturated rings. The molecular formula is C12H17BrN2O2. The van der Waals surface area contributed by atoms with Gasteiger partial charge in [0.05, 0.1) is 17.2 Å². The molecule has 0 aromatic heterocycles. The van der Waals surface area contributed by atoms with E-state index in [0.29, 0.717) is 11.3 Å². The largest absolute Gasteiger partial charge is 0.398 e. The fourth-order valence-electron chi connectivity index (χ4n) is 1.20. The third-order valence-corrected chi connectivity index (χ3v) is 3.23. The number of nitrogens with two attached hydrogens (primary N) is 1. The van der Waals surface area contributed by atoms with Gasteiger partial charge in [0.2, 0.25) is 0 Å². The highest BCUT2D eigenvalue weighted by Crippen LogP contribution is 2.19. The number of halogens is 1. The lowest BCUT2D eigenvalue weighted by Crippen LogP contribution is -2.51. The summed E-state index contributed by atoms with van der Waals surface area (Å²) < 4.78 is 0.821. The molecular weight excluding hydrogens is 284 g/mol. The molecule has 0 saturated carbocycles. The first kappa shape index (κ1) is 14.0. The maximum absolute atomic E-state index is 12.0. The lowest BCUT2D eigenvalue weighted by atomic mass is 9.98. The Morgan fingerprint density at radius 3 is 2.59 bits per heavy atom. The van der Waals surface area contributed by atoms with E-state index in [2.05, 4.69) is 21.2 Å². The number of anilines is 1. The van der Waals surface area contributed by atoms with Crippen molar-refractivity contribution in [3.8, 4) is 0 Å². The van der Waals surface area contributed by atoms with E-state index in [0.717, 1.165) is 4.47 Å². The highest BCUT2D eigenvalue weighted by Gasteiger charge is 2.27. The van der Waals surface area contributed by atoms with E-state index in [1.165, 1.54) is 0 Å². The normalized spacial score (nSPS) is 13.2. The van der Waals surface area contributed by atoms with Gasteiger partial charge in [0.1, 0.15) is 0 Å². The Labute approximate surface area is 109 Å². The highest BCUT2D eigenvalue weighted by atomic mass is 79.9. The second-order valence-electron chi connectivity index (χ2n) is 4.58. The van der Waals surface area contributed by atoms with Gasteiger partial charge in [0.15, 0.2) is 0 Å². The summed E-state index contributed by atoms with van der Waals surface area (Å²) in [5.74, 6) is -0.291. The van der Waals surface area contributed by atoms with Gasteiger partial charge in [-0.2, -0.15) is 0 Å². The summed E-state index contributed by atoms with van der Waals surface area (Å²) in [4.78, 5) is 12.0. The van der Waals surface area contributed by atoms with Crippen LogP contribution in [-0.4, -0.2) is 22.7 Å². The minimum absolute atomic E-state index is 0.291. The molecule has 1 rings (SSSR count). The van der Waals surface area contributed by atoms with E-state index < -0.39 is 11.6 Å². The molecule has 0 saturated heterocycles. The molecule has 5 heteroatoms.